The van der Waals surface area contributed by atoms with Crippen LogP contribution in [0.4, 0.5) is 0 Å². The summed E-state index contributed by atoms with van der Waals surface area (Å²) in [5.41, 5.74) is 2.75. The first-order chi connectivity index (χ1) is 8.61. The fourth-order valence-corrected chi connectivity index (χ4v) is 1.72. The fourth-order valence-electron chi connectivity index (χ4n) is 1.72. The summed E-state index contributed by atoms with van der Waals surface area (Å²) in [7, 11) is 0. The van der Waals surface area contributed by atoms with E-state index in [1.807, 2.05) is 47.6 Å². The molecule has 0 saturated carbocycles. The SMILES string of the molecule is Cc1ccc(C)c(OC(C)C(=O)OC(C)(C)C)c1C. The third-order valence-corrected chi connectivity index (χ3v) is 2.91. The van der Waals surface area contributed by atoms with Gasteiger partial charge in [0.2, 0.25) is 0 Å². The van der Waals surface area contributed by atoms with Gasteiger partial charge in [-0.2, -0.15) is 0 Å². The minimum atomic E-state index is -0.613. The van der Waals surface area contributed by atoms with Gasteiger partial charge in [-0.25, -0.2) is 4.79 Å². The van der Waals surface area contributed by atoms with E-state index in [2.05, 4.69) is 6.07 Å². The van der Waals surface area contributed by atoms with Gasteiger partial charge < -0.3 is 9.47 Å². The lowest BCUT2D eigenvalue weighted by molar-refractivity contribution is -0.162. The molecule has 0 aliphatic carbocycles. The van der Waals surface area contributed by atoms with Crippen LogP contribution in [0, 0.1) is 20.8 Å². The van der Waals surface area contributed by atoms with Crippen LogP contribution in [0.2, 0.25) is 0 Å². The highest BCUT2D eigenvalue weighted by atomic mass is 16.6. The van der Waals surface area contributed by atoms with Crippen molar-refractivity contribution in [2.24, 2.45) is 0 Å². The van der Waals surface area contributed by atoms with Crippen molar-refractivity contribution in [1.29, 1.82) is 0 Å². The molecule has 1 rings (SSSR count). The van der Waals surface area contributed by atoms with Crippen molar-refractivity contribution in [3.63, 3.8) is 0 Å². The first kappa shape index (κ1) is 15.5. The monoisotopic (exact) mass is 264 g/mol. The second-order valence-electron chi connectivity index (χ2n) is 5.95. The molecular weight excluding hydrogens is 240 g/mol. The number of rotatable bonds is 3. The Hall–Kier alpha value is -1.51. The number of hydrogen-bond acceptors (Lipinski definition) is 3. The zero-order valence-corrected chi connectivity index (χ0v) is 13.0. The van der Waals surface area contributed by atoms with Gasteiger partial charge in [-0.15, -0.1) is 0 Å². The van der Waals surface area contributed by atoms with Crippen molar-refractivity contribution in [3.8, 4) is 5.75 Å². The molecule has 0 aliphatic rings. The minimum absolute atomic E-state index is 0.340. The molecule has 19 heavy (non-hydrogen) atoms. The molecule has 0 heterocycles. The zero-order chi connectivity index (χ0) is 14.8. The number of esters is 1. The first-order valence-electron chi connectivity index (χ1n) is 6.58. The second kappa shape index (κ2) is 5.64. The van der Waals surface area contributed by atoms with Gasteiger partial charge in [-0.1, -0.05) is 12.1 Å². The van der Waals surface area contributed by atoms with Crippen LogP contribution in [0.25, 0.3) is 0 Å². The summed E-state index contributed by atoms with van der Waals surface area (Å²) in [6, 6.07) is 4.05. The molecule has 1 aromatic carbocycles. The van der Waals surface area contributed by atoms with Gasteiger partial charge in [0, 0.05) is 0 Å². The molecule has 3 nitrogen and oxygen atoms in total. The molecule has 0 N–H and O–H groups in total. The van der Waals surface area contributed by atoms with Gasteiger partial charge in [-0.05, 0) is 65.2 Å². The van der Waals surface area contributed by atoms with E-state index in [0.717, 1.165) is 22.4 Å². The topological polar surface area (TPSA) is 35.5 Å². The lowest BCUT2D eigenvalue weighted by atomic mass is 10.1. The summed E-state index contributed by atoms with van der Waals surface area (Å²) in [6.07, 6.45) is -0.613. The molecule has 1 unspecified atom stereocenters. The van der Waals surface area contributed by atoms with Crippen molar-refractivity contribution in [2.45, 2.75) is 60.2 Å². The smallest absolute Gasteiger partial charge is 0.347 e. The Morgan fingerprint density at radius 1 is 1.11 bits per heavy atom. The predicted octanol–water partition coefficient (Wildman–Crippen LogP) is 3.72. The third-order valence-electron chi connectivity index (χ3n) is 2.91. The van der Waals surface area contributed by atoms with Gasteiger partial charge in [0.1, 0.15) is 11.4 Å². The first-order valence-corrected chi connectivity index (χ1v) is 6.58. The van der Waals surface area contributed by atoms with E-state index in [1.165, 1.54) is 0 Å². The molecular formula is C16H24O3. The van der Waals surface area contributed by atoms with Crippen LogP contribution in [-0.2, 0) is 9.53 Å². The van der Waals surface area contributed by atoms with Crippen LogP contribution in [0.5, 0.6) is 5.75 Å². The van der Waals surface area contributed by atoms with E-state index < -0.39 is 11.7 Å². The van der Waals surface area contributed by atoms with Crippen LogP contribution >= 0.6 is 0 Å². The number of carbonyl (C=O) groups is 1. The highest BCUT2D eigenvalue weighted by Crippen LogP contribution is 2.27. The molecule has 106 valence electrons. The average Bonchev–Trinajstić information content (AvgIpc) is 2.27. The predicted molar refractivity (Wildman–Crippen MR) is 76.6 cm³/mol. The maximum absolute atomic E-state index is 11.9. The number of hydrogen-bond donors (Lipinski definition) is 0. The number of carbonyl (C=O) groups excluding carboxylic acids is 1. The molecule has 0 radical (unpaired) electrons. The number of benzene rings is 1. The number of ether oxygens (including phenoxy) is 2. The van der Waals surface area contributed by atoms with Gasteiger partial charge in [0.15, 0.2) is 6.10 Å². The summed E-state index contributed by atoms with van der Waals surface area (Å²) in [5.74, 6) is 0.436. The fraction of sp³-hybridized carbons (Fsp3) is 0.562. The Kier molecular flexibility index (Phi) is 4.61. The van der Waals surface area contributed by atoms with E-state index >= 15 is 0 Å². The normalized spacial score (nSPS) is 13.0. The average molecular weight is 264 g/mol. The lowest BCUT2D eigenvalue weighted by Crippen LogP contribution is -2.33. The van der Waals surface area contributed by atoms with Crippen LogP contribution in [-0.4, -0.2) is 17.7 Å². The number of aryl methyl sites for hydroxylation is 2. The molecule has 0 bridgehead atoms. The van der Waals surface area contributed by atoms with Gasteiger partial charge in [0.05, 0.1) is 0 Å². The second-order valence-corrected chi connectivity index (χ2v) is 5.95. The van der Waals surface area contributed by atoms with Gasteiger partial charge >= 0.3 is 5.97 Å². The van der Waals surface area contributed by atoms with E-state index in [-0.39, 0.29) is 5.97 Å². The van der Waals surface area contributed by atoms with E-state index in [9.17, 15) is 4.79 Å². The molecule has 3 heteroatoms. The highest BCUT2D eigenvalue weighted by Gasteiger charge is 2.24. The molecule has 0 aromatic heterocycles. The van der Waals surface area contributed by atoms with Gasteiger partial charge in [0.25, 0.3) is 0 Å². The summed E-state index contributed by atoms with van der Waals surface area (Å²) < 4.78 is 11.1. The third kappa shape index (κ3) is 4.27. The zero-order valence-electron chi connectivity index (χ0n) is 13.0. The maximum Gasteiger partial charge on any atom is 0.347 e. The van der Waals surface area contributed by atoms with Crippen LogP contribution in [0.15, 0.2) is 12.1 Å². The van der Waals surface area contributed by atoms with Crippen molar-refractivity contribution >= 4 is 5.97 Å². The standard InChI is InChI=1S/C16H24O3/c1-10-8-9-11(2)14(12(10)3)18-13(4)15(17)19-16(5,6)7/h8-9,13H,1-7H3. The van der Waals surface area contributed by atoms with Crippen molar-refractivity contribution in [1.82, 2.24) is 0 Å². The Morgan fingerprint density at radius 3 is 2.16 bits per heavy atom. The molecule has 0 amide bonds. The van der Waals surface area contributed by atoms with Crippen LogP contribution in [0.3, 0.4) is 0 Å². The Morgan fingerprint density at radius 2 is 1.63 bits per heavy atom. The van der Waals surface area contributed by atoms with Crippen molar-refractivity contribution in [3.05, 3.63) is 28.8 Å². The van der Waals surface area contributed by atoms with Crippen molar-refractivity contribution < 1.29 is 14.3 Å². The van der Waals surface area contributed by atoms with Crippen molar-refractivity contribution in [2.75, 3.05) is 0 Å². The quantitative estimate of drug-likeness (QED) is 0.780. The Bertz CT molecular complexity index is 470. The highest BCUT2D eigenvalue weighted by molar-refractivity contribution is 5.75. The largest absolute Gasteiger partial charge is 0.478 e. The summed E-state index contributed by atoms with van der Waals surface area (Å²) in [6.45, 7) is 13.3. The molecule has 0 aliphatic heterocycles. The lowest BCUT2D eigenvalue weighted by Gasteiger charge is -2.24. The summed E-state index contributed by atoms with van der Waals surface area (Å²) in [4.78, 5) is 11.9. The van der Waals surface area contributed by atoms with E-state index in [1.54, 1.807) is 6.92 Å². The van der Waals surface area contributed by atoms with E-state index in [4.69, 9.17) is 9.47 Å². The summed E-state index contributed by atoms with van der Waals surface area (Å²) in [5, 5.41) is 0. The molecule has 1 aromatic rings. The van der Waals surface area contributed by atoms with Crippen LogP contribution < -0.4 is 4.74 Å². The molecule has 0 saturated heterocycles. The van der Waals surface area contributed by atoms with E-state index in [0.29, 0.717) is 0 Å². The molecule has 0 spiro atoms. The minimum Gasteiger partial charge on any atom is -0.478 e. The Labute approximate surface area is 115 Å². The molecule has 1 atom stereocenters. The summed E-state index contributed by atoms with van der Waals surface area (Å²) >= 11 is 0. The maximum atomic E-state index is 11.9. The Balaban J connectivity index is 2.86. The molecule has 0 fully saturated rings. The van der Waals surface area contributed by atoms with Gasteiger partial charge in [-0.3, -0.25) is 0 Å². The van der Waals surface area contributed by atoms with Crippen LogP contribution in [0.1, 0.15) is 44.4 Å².